The van der Waals surface area contributed by atoms with Crippen LogP contribution in [0.4, 0.5) is 4.79 Å². The summed E-state index contributed by atoms with van der Waals surface area (Å²) in [5.74, 6) is 0.744. The lowest BCUT2D eigenvalue weighted by Gasteiger charge is -2.39. The number of nitrogens with zero attached hydrogens (tertiary/aromatic N) is 1. The van der Waals surface area contributed by atoms with Crippen LogP contribution in [0.5, 0.6) is 0 Å². The molecule has 40 heavy (non-hydrogen) atoms. The van der Waals surface area contributed by atoms with Gasteiger partial charge in [-0.3, -0.25) is 9.59 Å². The van der Waals surface area contributed by atoms with E-state index in [2.05, 4.69) is 24.5 Å². The average molecular weight is 576 g/mol. The van der Waals surface area contributed by atoms with Crippen molar-refractivity contribution in [3.05, 3.63) is 35.4 Å². The molecular formula is C32H53N3O4S. The topological polar surface area (TPSA) is 87.7 Å². The molecule has 0 radical (unpaired) electrons. The second kappa shape index (κ2) is 16.3. The number of thioether (sulfide) groups is 1. The van der Waals surface area contributed by atoms with Crippen molar-refractivity contribution in [3.8, 4) is 0 Å². The van der Waals surface area contributed by atoms with Gasteiger partial charge in [-0.2, -0.15) is 11.8 Å². The number of hydrogen-bond donors (Lipinski definition) is 2. The first kappa shape index (κ1) is 34.0. The van der Waals surface area contributed by atoms with Gasteiger partial charge >= 0.3 is 6.09 Å². The molecule has 0 aromatic heterocycles. The summed E-state index contributed by atoms with van der Waals surface area (Å²) in [5.41, 5.74) is 1.13. The molecule has 0 saturated heterocycles. The summed E-state index contributed by atoms with van der Waals surface area (Å²) in [4.78, 5) is 43.2. The second-order valence-electron chi connectivity index (χ2n) is 12.7. The third kappa shape index (κ3) is 11.3. The summed E-state index contributed by atoms with van der Waals surface area (Å²) >= 11 is 1.62. The fourth-order valence-electron chi connectivity index (χ4n) is 5.24. The Labute approximate surface area is 246 Å². The van der Waals surface area contributed by atoms with Crippen molar-refractivity contribution >= 4 is 29.7 Å². The average Bonchev–Trinajstić information content (AvgIpc) is 2.87. The Hall–Kier alpha value is -2.22. The Bertz CT molecular complexity index is 956. The summed E-state index contributed by atoms with van der Waals surface area (Å²) in [6.45, 7) is 13.8. The van der Waals surface area contributed by atoms with Gasteiger partial charge < -0.3 is 20.3 Å². The molecule has 2 rings (SSSR count). The molecule has 1 aromatic carbocycles. The fourth-order valence-corrected chi connectivity index (χ4v) is 5.71. The van der Waals surface area contributed by atoms with Crippen molar-refractivity contribution < 1.29 is 19.1 Å². The Morgan fingerprint density at radius 1 is 1.05 bits per heavy atom. The van der Waals surface area contributed by atoms with Crippen LogP contribution in [-0.2, 0) is 14.3 Å². The van der Waals surface area contributed by atoms with Crippen molar-refractivity contribution in [2.24, 2.45) is 5.92 Å². The van der Waals surface area contributed by atoms with Crippen molar-refractivity contribution in [1.82, 2.24) is 15.5 Å². The van der Waals surface area contributed by atoms with E-state index in [9.17, 15) is 14.4 Å². The van der Waals surface area contributed by atoms with E-state index in [4.69, 9.17) is 4.74 Å². The second-order valence-corrected chi connectivity index (χ2v) is 13.7. The quantitative estimate of drug-likeness (QED) is 0.271. The lowest BCUT2D eigenvalue weighted by molar-refractivity contribution is -0.145. The first-order valence-electron chi connectivity index (χ1n) is 15.0. The molecule has 3 atom stereocenters. The zero-order chi connectivity index (χ0) is 29.9. The van der Waals surface area contributed by atoms with Crippen LogP contribution in [0.3, 0.4) is 0 Å². The minimum absolute atomic E-state index is 0.114. The van der Waals surface area contributed by atoms with Gasteiger partial charge in [-0.25, -0.2) is 4.79 Å². The fraction of sp³-hybridized carbons (Fsp3) is 0.719. The van der Waals surface area contributed by atoms with E-state index in [-0.39, 0.29) is 23.9 Å². The van der Waals surface area contributed by atoms with Gasteiger partial charge in [0, 0.05) is 12.1 Å². The number of ether oxygens (including phenoxy) is 1. The molecule has 0 spiro atoms. The highest BCUT2D eigenvalue weighted by Gasteiger charge is 2.39. The zero-order valence-corrected chi connectivity index (χ0v) is 26.9. The van der Waals surface area contributed by atoms with Crippen LogP contribution < -0.4 is 10.6 Å². The summed E-state index contributed by atoms with van der Waals surface area (Å²) < 4.78 is 5.52. The van der Waals surface area contributed by atoms with Gasteiger partial charge in [0.25, 0.3) is 0 Å². The SMILES string of the molecule is CSCCC(NC(=O)OC(C)(C)C)C(=O)N(C(C)CCC(C)C)C(C(=O)NC1CCCCC1)c1cccc(C)c1. The summed E-state index contributed by atoms with van der Waals surface area (Å²) in [6, 6.07) is 6.17. The van der Waals surface area contributed by atoms with Crippen molar-refractivity contribution in [3.63, 3.8) is 0 Å². The molecule has 0 heterocycles. The maximum absolute atomic E-state index is 14.5. The maximum atomic E-state index is 14.5. The van der Waals surface area contributed by atoms with Gasteiger partial charge in [-0.05, 0) is 90.2 Å². The molecular weight excluding hydrogens is 522 g/mol. The predicted molar refractivity (Wildman–Crippen MR) is 165 cm³/mol. The van der Waals surface area contributed by atoms with E-state index in [1.54, 1.807) is 37.4 Å². The van der Waals surface area contributed by atoms with Crippen LogP contribution in [0.2, 0.25) is 0 Å². The molecule has 226 valence electrons. The van der Waals surface area contributed by atoms with Crippen LogP contribution in [0.1, 0.15) is 110 Å². The number of alkyl carbamates (subject to hydrolysis) is 1. The third-order valence-corrected chi connectivity index (χ3v) is 7.97. The van der Waals surface area contributed by atoms with Crippen LogP contribution in [-0.4, -0.2) is 58.5 Å². The molecule has 0 bridgehead atoms. The smallest absolute Gasteiger partial charge is 0.408 e. The molecule has 1 aromatic rings. The van der Waals surface area contributed by atoms with Gasteiger partial charge in [0.1, 0.15) is 17.7 Å². The lowest BCUT2D eigenvalue weighted by Crippen LogP contribution is -2.56. The molecule has 3 unspecified atom stereocenters. The summed E-state index contributed by atoms with van der Waals surface area (Å²) in [6.07, 6.45) is 8.78. The third-order valence-electron chi connectivity index (χ3n) is 7.33. The number of hydrogen-bond acceptors (Lipinski definition) is 5. The van der Waals surface area contributed by atoms with Gasteiger partial charge in [-0.1, -0.05) is 62.9 Å². The monoisotopic (exact) mass is 575 g/mol. The van der Waals surface area contributed by atoms with Gasteiger partial charge in [0.05, 0.1) is 0 Å². The number of benzene rings is 1. The zero-order valence-electron chi connectivity index (χ0n) is 26.0. The standard InChI is InChI=1S/C32H53N3O4S/c1-22(2)17-18-24(4)35(30(37)27(19-20-40-8)34-31(38)39-32(5,6)7)28(25-14-12-13-23(3)21-25)29(36)33-26-15-10-9-11-16-26/h12-14,21-22,24,26-28H,9-11,15-20H2,1-8H3,(H,33,36)(H,34,38). The molecule has 2 N–H and O–H groups in total. The maximum Gasteiger partial charge on any atom is 0.408 e. The molecule has 1 saturated carbocycles. The Balaban J connectivity index is 2.53. The van der Waals surface area contributed by atoms with Crippen LogP contribution in [0.25, 0.3) is 0 Å². The number of carbonyl (C=O) groups excluding carboxylic acids is 3. The minimum Gasteiger partial charge on any atom is -0.444 e. The van der Waals surface area contributed by atoms with Gasteiger partial charge in [-0.15, -0.1) is 0 Å². The molecule has 1 aliphatic rings. The molecule has 8 heteroatoms. The lowest BCUT2D eigenvalue weighted by atomic mass is 9.93. The first-order chi connectivity index (χ1) is 18.8. The van der Waals surface area contributed by atoms with Crippen molar-refractivity contribution in [1.29, 1.82) is 0 Å². The highest BCUT2D eigenvalue weighted by Crippen LogP contribution is 2.29. The van der Waals surface area contributed by atoms with Crippen molar-refractivity contribution in [2.75, 3.05) is 12.0 Å². The highest BCUT2D eigenvalue weighted by molar-refractivity contribution is 7.98. The number of aryl methyl sites for hydroxylation is 1. The summed E-state index contributed by atoms with van der Waals surface area (Å²) in [7, 11) is 0. The van der Waals surface area contributed by atoms with Gasteiger partial charge in [0.2, 0.25) is 11.8 Å². The Kier molecular flexibility index (Phi) is 13.8. The largest absolute Gasteiger partial charge is 0.444 e. The van der Waals surface area contributed by atoms with Crippen molar-refractivity contribution in [2.45, 2.75) is 130 Å². The van der Waals surface area contributed by atoms with E-state index in [0.717, 1.165) is 49.7 Å². The molecule has 0 aliphatic heterocycles. The Morgan fingerprint density at radius 3 is 2.30 bits per heavy atom. The van der Waals surface area contributed by atoms with Crippen LogP contribution in [0, 0.1) is 12.8 Å². The van der Waals surface area contributed by atoms with Crippen LogP contribution in [0.15, 0.2) is 24.3 Å². The Morgan fingerprint density at radius 2 is 1.73 bits per heavy atom. The first-order valence-corrected chi connectivity index (χ1v) is 16.4. The van der Waals surface area contributed by atoms with E-state index < -0.39 is 23.8 Å². The van der Waals surface area contributed by atoms with Gasteiger partial charge in [0.15, 0.2) is 0 Å². The number of nitrogens with one attached hydrogen (secondary N) is 2. The molecule has 1 fully saturated rings. The van der Waals surface area contributed by atoms with E-state index in [1.807, 2.05) is 44.4 Å². The van der Waals surface area contributed by atoms with E-state index >= 15 is 0 Å². The molecule has 7 nitrogen and oxygen atoms in total. The highest BCUT2D eigenvalue weighted by atomic mass is 32.2. The molecule has 1 aliphatic carbocycles. The number of amides is 3. The normalized spacial score (nSPS) is 16.6. The van der Waals surface area contributed by atoms with E-state index in [1.165, 1.54) is 6.42 Å². The predicted octanol–water partition coefficient (Wildman–Crippen LogP) is 6.78. The van der Waals surface area contributed by atoms with E-state index in [0.29, 0.717) is 18.1 Å². The summed E-state index contributed by atoms with van der Waals surface area (Å²) in [5, 5.41) is 6.15. The number of rotatable bonds is 13. The number of carbonyl (C=O) groups is 3. The molecule has 3 amide bonds. The minimum atomic E-state index is -0.807. The van der Waals surface area contributed by atoms with Crippen LogP contribution >= 0.6 is 11.8 Å².